The molecule has 1 aromatic heterocycles. The molecular weight excluding hydrogens is 668 g/mol. The van der Waals surface area contributed by atoms with Crippen molar-refractivity contribution >= 4 is 41.4 Å². The number of ether oxygens (including phenoxy) is 3. The maximum absolute atomic E-state index is 13.0. The number of hydrogen-bond acceptors (Lipinski definition) is 9. The number of carbonyl (C=O) groups is 2. The number of anilines is 1. The van der Waals surface area contributed by atoms with Crippen molar-refractivity contribution in [2.45, 2.75) is 51.7 Å². The maximum atomic E-state index is 13.0. The second-order valence-corrected chi connectivity index (χ2v) is 13.1. The zero-order valence-corrected chi connectivity index (χ0v) is 29.8. The van der Waals surface area contributed by atoms with Crippen LogP contribution in [0.15, 0.2) is 83.5 Å². The highest BCUT2D eigenvalue weighted by Gasteiger charge is 2.39. The molecule has 2 amide bonds. The molecule has 2 aliphatic heterocycles. The van der Waals surface area contributed by atoms with E-state index in [2.05, 4.69) is 20.9 Å². The number of carbonyl (C=O) groups excluding carboxylic acids is 2. The molecule has 3 aromatic carbocycles. The first-order valence-electron chi connectivity index (χ1n) is 17.8. The van der Waals surface area contributed by atoms with E-state index in [-0.39, 0.29) is 12.5 Å². The van der Waals surface area contributed by atoms with E-state index in [9.17, 15) is 9.59 Å². The third-order valence-corrected chi connectivity index (χ3v) is 9.29. The Morgan fingerprint density at radius 3 is 2.53 bits per heavy atom. The topological polar surface area (TPSA) is 97.6 Å². The summed E-state index contributed by atoms with van der Waals surface area (Å²) in [4.78, 5) is 36.0. The number of amides is 2. The van der Waals surface area contributed by atoms with E-state index in [1.807, 2.05) is 85.8 Å². The summed E-state index contributed by atoms with van der Waals surface area (Å²) < 4.78 is 23.0. The number of benzene rings is 3. The minimum atomic E-state index is -0.709. The molecule has 2 fully saturated rings. The van der Waals surface area contributed by atoms with E-state index in [0.29, 0.717) is 42.7 Å². The third kappa shape index (κ3) is 10.1. The number of aromatic nitrogens is 1. The molecule has 268 valence electrons. The minimum Gasteiger partial charge on any atom is -0.490 e. The number of cyclic esters (lactones) is 1. The second kappa shape index (κ2) is 17.9. The Labute approximate surface area is 304 Å². The molecule has 10 nitrogen and oxygen atoms in total. The molecular formula is C40H45ClN4O6. The summed E-state index contributed by atoms with van der Waals surface area (Å²) in [7, 11) is 0. The van der Waals surface area contributed by atoms with Crippen molar-refractivity contribution in [3.05, 3.63) is 107 Å². The molecule has 0 N–H and O–H groups in total. The lowest BCUT2D eigenvalue weighted by molar-refractivity contribution is -0.130. The van der Waals surface area contributed by atoms with Gasteiger partial charge in [-0.3, -0.25) is 9.69 Å². The molecule has 3 heterocycles. The van der Waals surface area contributed by atoms with Crippen LogP contribution in [0.25, 0.3) is 12.2 Å². The van der Waals surface area contributed by atoms with Crippen LogP contribution in [0.4, 0.5) is 10.5 Å². The minimum absolute atomic E-state index is 0.225. The number of nitrogens with zero attached hydrogens (tertiary/aromatic N) is 4. The lowest BCUT2D eigenvalue weighted by Crippen LogP contribution is -2.47. The lowest BCUT2D eigenvalue weighted by atomic mass is 10.0. The summed E-state index contributed by atoms with van der Waals surface area (Å²) >= 11 is 6.16. The first-order valence-corrected chi connectivity index (χ1v) is 18.1. The molecule has 1 atom stereocenters. The van der Waals surface area contributed by atoms with Crippen molar-refractivity contribution in [1.82, 2.24) is 14.8 Å². The molecule has 0 bridgehead atoms. The predicted molar refractivity (Wildman–Crippen MR) is 198 cm³/mol. The average molecular weight is 713 g/mol. The van der Waals surface area contributed by atoms with Crippen molar-refractivity contribution in [1.29, 1.82) is 0 Å². The molecule has 0 aliphatic carbocycles. The highest BCUT2D eigenvalue weighted by atomic mass is 35.5. The van der Waals surface area contributed by atoms with Crippen molar-refractivity contribution in [3.63, 3.8) is 0 Å². The number of hydrogen-bond donors (Lipinski definition) is 0. The van der Waals surface area contributed by atoms with E-state index < -0.39 is 12.2 Å². The summed E-state index contributed by atoms with van der Waals surface area (Å²) in [6, 6.07) is 23.8. The van der Waals surface area contributed by atoms with Gasteiger partial charge in [-0.05, 0) is 93.1 Å². The van der Waals surface area contributed by atoms with Crippen LogP contribution in [0.2, 0.25) is 5.02 Å². The number of aryl methyl sites for hydroxylation is 1. The zero-order chi connectivity index (χ0) is 35.4. The van der Waals surface area contributed by atoms with Gasteiger partial charge >= 0.3 is 6.09 Å². The molecule has 51 heavy (non-hydrogen) atoms. The average Bonchev–Trinajstić information content (AvgIpc) is 3.72. The Kier molecular flexibility index (Phi) is 12.7. The van der Waals surface area contributed by atoms with Gasteiger partial charge in [0.25, 0.3) is 5.91 Å². The van der Waals surface area contributed by atoms with E-state index in [1.165, 1.54) is 4.90 Å². The van der Waals surface area contributed by atoms with E-state index in [1.54, 1.807) is 6.26 Å². The molecule has 0 radical (unpaired) electrons. The van der Waals surface area contributed by atoms with Gasteiger partial charge in [0.1, 0.15) is 18.6 Å². The van der Waals surface area contributed by atoms with Crippen molar-refractivity contribution in [3.8, 4) is 11.5 Å². The zero-order valence-electron chi connectivity index (χ0n) is 29.0. The Morgan fingerprint density at radius 1 is 0.882 bits per heavy atom. The van der Waals surface area contributed by atoms with Gasteiger partial charge in [0.05, 0.1) is 6.61 Å². The van der Waals surface area contributed by atoms with Crippen LogP contribution in [0.5, 0.6) is 11.5 Å². The summed E-state index contributed by atoms with van der Waals surface area (Å²) in [5.74, 6) is 1.59. The van der Waals surface area contributed by atoms with Crippen LogP contribution in [-0.2, 0) is 22.6 Å². The molecule has 6 rings (SSSR count). The summed E-state index contributed by atoms with van der Waals surface area (Å²) in [5, 5.41) is 0.742. The fraction of sp³-hybridized carbons (Fsp3) is 0.375. The molecule has 11 heteroatoms. The number of rotatable bonds is 17. The SMILES string of the molecule is CCOc1cc(CCCCC2OC(=O)N(CCCN3CCN(c4cccc(Cl)c4)CC3)C2=O)ccc1OCc1coc(/C=C/c2ccccc2)n1. The normalized spacial score (nSPS) is 16.6. The maximum Gasteiger partial charge on any atom is 0.417 e. The number of oxazole rings is 1. The Hall–Kier alpha value is -4.80. The van der Waals surface area contributed by atoms with Crippen LogP contribution in [0.3, 0.4) is 0 Å². The van der Waals surface area contributed by atoms with Gasteiger partial charge in [-0.2, -0.15) is 0 Å². The van der Waals surface area contributed by atoms with Crippen LogP contribution in [0, 0.1) is 0 Å². The second-order valence-electron chi connectivity index (χ2n) is 12.7. The fourth-order valence-corrected chi connectivity index (χ4v) is 6.53. The summed E-state index contributed by atoms with van der Waals surface area (Å²) in [6.45, 7) is 7.56. The molecule has 4 aromatic rings. The van der Waals surface area contributed by atoms with E-state index in [4.69, 9.17) is 30.2 Å². The van der Waals surface area contributed by atoms with Crippen LogP contribution < -0.4 is 14.4 Å². The number of unbranched alkanes of at least 4 members (excludes halogenated alkanes) is 1. The molecule has 0 spiro atoms. The van der Waals surface area contributed by atoms with Gasteiger partial charge in [-0.25, -0.2) is 14.7 Å². The highest BCUT2D eigenvalue weighted by molar-refractivity contribution is 6.30. The van der Waals surface area contributed by atoms with Crippen molar-refractivity contribution in [2.75, 3.05) is 50.8 Å². The Morgan fingerprint density at radius 2 is 1.73 bits per heavy atom. The van der Waals surface area contributed by atoms with E-state index >= 15 is 0 Å². The highest BCUT2D eigenvalue weighted by Crippen LogP contribution is 2.30. The lowest BCUT2D eigenvalue weighted by Gasteiger charge is -2.36. The van der Waals surface area contributed by atoms with Gasteiger partial charge in [0.2, 0.25) is 5.89 Å². The molecule has 1 unspecified atom stereocenters. The molecule has 2 saturated heterocycles. The van der Waals surface area contributed by atoms with Gasteiger partial charge in [-0.15, -0.1) is 0 Å². The summed E-state index contributed by atoms with van der Waals surface area (Å²) in [5.41, 5.74) is 3.98. The van der Waals surface area contributed by atoms with Gasteiger partial charge in [0.15, 0.2) is 17.6 Å². The first-order chi connectivity index (χ1) is 24.9. The van der Waals surface area contributed by atoms with Gasteiger partial charge in [0, 0.05) is 49.5 Å². The predicted octanol–water partition coefficient (Wildman–Crippen LogP) is 7.75. The van der Waals surface area contributed by atoms with Gasteiger partial charge in [-0.1, -0.05) is 54.1 Å². The van der Waals surface area contributed by atoms with Crippen molar-refractivity contribution < 1.29 is 28.2 Å². The van der Waals surface area contributed by atoms with Gasteiger partial charge < -0.3 is 23.5 Å². The fourth-order valence-electron chi connectivity index (χ4n) is 6.34. The Bertz CT molecular complexity index is 1770. The summed E-state index contributed by atoms with van der Waals surface area (Å²) in [6.07, 6.45) is 7.75. The monoisotopic (exact) mass is 712 g/mol. The quantitative estimate of drug-likeness (QED) is 0.102. The third-order valence-electron chi connectivity index (χ3n) is 9.06. The number of imide groups is 1. The largest absolute Gasteiger partial charge is 0.490 e. The number of piperazine rings is 1. The first kappa shape index (κ1) is 36.0. The standard InChI is InChI=1S/C40H45ClN4O6/c1-2-48-37-26-31(16-18-35(37)49-28-33-29-50-38(42-33)19-17-30-10-4-3-5-11-30)12-6-7-15-36-39(46)45(40(47)51-36)21-9-20-43-22-24-44(25-23-43)34-14-8-13-32(41)27-34/h3-5,8,10-11,13-14,16-19,26-27,29,36H,2,6-7,9,12,15,20-25,28H2,1H3/b19-17+. The van der Waals surface area contributed by atoms with Crippen LogP contribution >= 0.6 is 11.6 Å². The van der Waals surface area contributed by atoms with Crippen molar-refractivity contribution in [2.24, 2.45) is 0 Å². The van der Waals surface area contributed by atoms with Crippen LogP contribution in [0.1, 0.15) is 55.3 Å². The Balaban J connectivity index is 0.896. The molecule has 2 aliphatic rings. The smallest absolute Gasteiger partial charge is 0.417 e. The van der Waals surface area contributed by atoms with Crippen LogP contribution in [-0.4, -0.2) is 78.8 Å². The van der Waals surface area contributed by atoms with E-state index in [0.717, 1.165) is 80.2 Å². The molecule has 0 saturated carbocycles. The number of halogens is 1.